The smallest absolute Gasteiger partial charge is 0.222 e. The van der Waals surface area contributed by atoms with Crippen LogP contribution in [0.3, 0.4) is 0 Å². The van der Waals surface area contributed by atoms with E-state index in [4.69, 9.17) is 5.73 Å². The summed E-state index contributed by atoms with van der Waals surface area (Å²) in [6, 6.07) is 0.576. The molecule has 0 spiro atoms. The molecule has 2 rings (SSSR count). The summed E-state index contributed by atoms with van der Waals surface area (Å²) in [7, 11) is 0. The SMILES string of the molecule is Cl.NCCCCCCC(=O)N1CCCC1C1CCCCC1. The van der Waals surface area contributed by atoms with Gasteiger partial charge in [-0.25, -0.2) is 0 Å². The highest BCUT2D eigenvalue weighted by Gasteiger charge is 2.34. The van der Waals surface area contributed by atoms with E-state index in [9.17, 15) is 4.79 Å². The van der Waals surface area contributed by atoms with E-state index in [0.29, 0.717) is 11.9 Å². The topological polar surface area (TPSA) is 46.3 Å². The summed E-state index contributed by atoms with van der Waals surface area (Å²) in [5, 5.41) is 0. The zero-order valence-corrected chi connectivity index (χ0v) is 14.2. The first-order chi connectivity index (χ1) is 9.83. The first-order valence-corrected chi connectivity index (χ1v) is 8.82. The van der Waals surface area contributed by atoms with Crippen molar-refractivity contribution in [2.75, 3.05) is 13.1 Å². The minimum Gasteiger partial charge on any atom is -0.339 e. The lowest BCUT2D eigenvalue weighted by atomic mass is 9.83. The van der Waals surface area contributed by atoms with Gasteiger partial charge in [0.25, 0.3) is 0 Å². The Morgan fingerprint density at radius 2 is 1.67 bits per heavy atom. The maximum atomic E-state index is 12.4. The second-order valence-electron chi connectivity index (χ2n) is 6.65. The average Bonchev–Trinajstić information content (AvgIpc) is 2.97. The lowest BCUT2D eigenvalue weighted by Crippen LogP contribution is -2.40. The van der Waals surface area contributed by atoms with E-state index in [0.717, 1.165) is 44.7 Å². The summed E-state index contributed by atoms with van der Waals surface area (Å²) in [5.74, 6) is 1.22. The van der Waals surface area contributed by atoms with Gasteiger partial charge in [-0.3, -0.25) is 4.79 Å². The molecule has 124 valence electrons. The second kappa shape index (κ2) is 10.4. The third-order valence-electron chi connectivity index (χ3n) is 5.16. The summed E-state index contributed by atoms with van der Waals surface area (Å²) in [5.41, 5.74) is 5.50. The molecule has 2 aliphatic rings. The summed E-state index contributed by atoms with van der Waals surface area (Å²) >= 11 is 0. The van der Waals surface area contributed by atoms with E-state index in [2.05, 4.69) is 4.90 Å². The lowest BCUT2D eigenvalue weighted by molar-refractivity contribution is -0.133. The number of halogens is 1. The van der Waals surface area contributed by atoms with Crippen LogP contribution in [0.2, 0.25) is 0 Å². The van der Waals surface area contributed by atoms with E-state index in [1.165, 1.54) is 51.4 Å². The largest absolute Gasteiger partial charge is 0.339 e. The van der Waals surface area contributed by atoms with Crippen molar-refractivity contribution < 1.29 is 4.79 Å². The van der Waals surface area contributed by atoms with Crippen molar-refractivity contribution in [2.24, 2.45) is 11.7 Å². The third kappa shape index (κ3) is 5.78. The Balaban J connectivity index is 0.00000220. The normalized spacial score (nSPS) is 23.1. The van der Waals surface area contributed by atoms with Crippen LogP contribution in [0.25, 0.3) is 0 Å². The molecule has 2 fully saturated rings. The van der Waals surface area contributed by atoms with Gasteiger partial charge in [0.05, 0.1) is 0 Å². The molecule has 21 heavy (non-hydrogen) atoms. The Hall–Kier alpha value is -0.280. The second-order valence-corrected chi connectivity index (χ2v) is 6.65. The zero-order valence-electron chi connectivity index (χ0n) is 13.4. The summed E-state index contributed by atoms with van der Waals surface area (Å²) in [6.45, 7) is 1.80. The molecule has 0 aromatic heterocycles. The van der Waals surface area contributed by atoms with Gasteiger partial charge in [-0.2, -0.15) is 0 Å². The van der Waals surface area contributed by atoms with Crippen molar-refractivity contribution in [3.8, 4) is 0 Å². The highest BCUT2D eigenvalue weighted by molar-refractivity contribution is 5.85. The number of hydrogen-bond acceptors (Lipinski definition) is 2. The fourth-order valence-corrected chi connectivity index (χ4v) is 4.03. The van der Waals surface area contributed by atoms with Gasteiger partial charge in [0, 0.05) is 19.0 Å². The molecule has 1 saturated heterocycles. The molecule has 1 saturated carbocycles. The average molecular weight is 317 g/mol. The van der Waals surface area contributed by atoms with Crippen LogP contribution in [-0.4, -0.2) is 29.9 Å². The van der Waals surface area contributed by atoms with Crippen LogP contribution in [-0.2, 0) is 4.79 Å². The molecule has 0 aromatic rings. The molecule has 4 heteroatoms. The van der Waals surface area contributed by atoms with E-state index >= 15 is 0 Å². The number of rotatable bonds is 7. The van der Waals surface area contributed by atoms with Crippen molar-refractivity contribution in [1.82, 2.24) is 4.90 Å². The first kappa shape index (κ1) is 18.8. The monoisotopic (exact) mass is 316 g/mol. The number of carbonyl (C=O) groups excluding carboxylic acids is 1. The molecule has 1 heterocycles. The van der Waals surface area contributed by atoms with Crippen molar-refractivity contribution in [1.29, 1.82) is 0 Å². The maximum Gasteiger partial charge on any atom is 0.222 e. The van der Waals surface area contributed by atoms with Crippen molar-refractivity contribution in [3.63, 3.8) is 0 Å². The van der Waals surface area contributed by atoms with Crippen LogP contribution in [0.15, 0.2) is 0 Å². The Morgan fingerprint density at radius 1 is 0.952 bits per heavy atom. The standard InChI is InChI=1S/C17H32N2O.ClH/c18-13-7-2-1-6-12-17(20)19-14-8-11-16(19)15-9-4-3-5-10-15;/h15-16H,1-14,18H2;1H. The fraction of sp³-hybridized carbons (Fsp3) is 0.941. The van der Waals surface area contributed by atoms with Crippen LogP contribution >= 0.6 is 12.4 Å². The number of likely N-dealkylation sites (tertiary alicyclic amines) is 1. The molecule has 1 atom stereocenters. The Labute approximate surface area is 136 Å². The molecule has 1 amide bonds. The highest BCUT2D eigenvalue weighted by atomic mass is 35.5. The third-order valence-corrected chi connectivity index (χ3v) is 5.16. The van der Waals surface area contributed by atoms with E-state index in [1.807, 2.05) is 0 Å². The zero-order chi connectivity index (χ0) is 14.2. The van der Waals surface area contributed by atoms with Gasteiger partial charge < -0.3 is 10.6 Å². The van der Waals surface area contributed by atoms with Gasteiger partial charge in [-0.15, -0.1) is 12.4 Å². The predicted octanol–water partition coefficient (Wildman–Crippen LogP) is 3.89. The molecule has 1 unspecified atom stereocenters. The lowest BCUT2D eigenvalue weighted by Gasteiger charge is -2.34. The maximum absolute atomic E-state index is 12.4. The Bertz CT molecular complexity index is 293. The first-order valence-electron chi connectivity index (χ1n) is 8.82. The molecular formula is C17H33ClN2O. The molecular weight excluding hydrogens is 284 g/mol. The quantitative estimate of drug-likeness (QED) is 0.724. The van der Waals surface area contributed by atoms with E-state index in [1.54, 1.807) is 0 Å². The number of carbonyl (C=O) groups is 1. The van der Waals surface area contributed by atoms with Gasteiger partial charge in [0.2, 0.25) is 5.91 Å². The molecule has 3 nitrogen and oxygen atoms in total. The predicted molar refractivity (Wildman–Crippen MR) is 90.7 cm³/mol. The fourth-order valence-electron chi connectivity index (χ4n) is 4.03. The van der Waals surface area contributed by atoms with E-state index < -0.39 is 0 Å². The molecule has 2 N–H and O–H groups in total. The molecule has 0 radical (unpaired) electrons. The van der Waals surface area contributed by atoms with Gasteiger partial charge >= 0.3 is 0 Å². The van der Waals surface area contributed by atoms with Gasteiger partial charge in [0.15, 0.2) is 0 Å². The van der Waals surface area contributed by atoms with Crippen LogP contribution in [0.1, 0.15) is 77.0 Å². The van der Waals surface area contributed by atoms with Crippen molar-refractivity contribution in [3.05, 3.63) is 0 Å². The Morgan fingerprint density at radius 3 is 2.38 bits per heavy atom. The molecule has 1 aliphatic heterocycles. The molecule has 1 aliphatic carbocycles. The summed E-state index contributed by atoms with van der Waals surface area (Å²) < 4.78 is 0. The van der Waals surface area contributed by atoms with Gasteiger partial charge in [-0.1, -0.05) is 32.1 Å². The van der Waals surface area contributed by atoms with Gasteiger partial charge in [0.1, 0.15) is 0 Å². The van der Waals surface area contributed by atoms with Gasteiger partial charge in [-0.05, 0) is 51.0 Å². The number of nitrogens with two attached hydrogens (primary N) is 1. The van der Waals surface area contributed by atoms with Crippen molar-refractivity contribution in [2.45, 2.75) is 83.1 Å². The van der Waals surface area contributed by atoms with Crippen LogP contribution in [0, 0.1) is 5.92 Å². The number of hydrogen-bond donors (Lipinski definition) is 1. The molecule has 0 aromatic carbocycles. The minimum absolute atomic E-state index is 0. The molecule has 0 bridgehead atoms. The van der Waals surface area contributed by atoms with Crippen LogP contribution in [0.4, 0.5) is 0 Å². The van der Waals surface area contributed by atoms with Crippen LogP contribution in [0.5, 0.6) is 0 Å². The van der Waals surface area contributed by atoms with Crippen molar-refractivity contribution >= 4 is 18.3 Å². The number of amides is 1. The number of nitrogens with zero attached hydrogens (tertiary/aromatic N) is 1. The van der Waals surface area contributed by atoms with E-state index in [-0.39, 0.29) is 12.4 Å². The summed E-state index contributed by atoms with van der Waals surface area (Å²) in [6.07, 6.45) is 14.6. The number of unbranched alkanes of at least 4 members (excludes halogenated alkanes) is 3. The summed E-state index contributed by atoms with van der Waals surface area (Å²) in [4.78, 5) is 14.7. The minimum atomic E-state index is 0. The highest BCUT2D eigenvalue weighted by Crippen LogP contribution is 2.34. The van der Waals surface area contributed by atoms with Crippen LogP contribution < -0.4 is 5.73 Å². The Kier molecular flexibility index (Phi) is 9.34.